The fourth-order valence-electron chi connectivity index (χ4n) is 0.783. The summed E-state index contributed by atoms with van der Waals surface area (Å²) in [6, 6.07) is 7.03. The van der Waals surface area contributed by atoms with Gasteiger partial charge in [0, 0.05) is 17.1 Å². The van der Waals surface area contributed by atoms with Crippen LogP contribution in [0.4, 0.5) is 5.69 Å². The summed E-state index contributed by atoms with van der Waals surface area (Å²) in [7, 11) is 0. The van der Waals surface area contributed by atoms with Crippen molar-refractivity contribution in [1.29, 1.82) is 0 Å². The zero-order chi connectivity index (χ0) is 8.97. The Bertz CT molecular complexity index is 268. The molecule has 0 saturated carbocycles. The highest BCUT2D eigenvalue weighted by Crippen LogP contribution is 2.13. The molecule has 1 rings (SSSR count). The smallest absolute Gasteiger partial charge is 0.224 e. The van der Waals surface area contributed by atoms with Gasteiger partial charge in [0.1, 0.15) is 0 Å². The normalized spacial score (nSPS) is 9.50. The van der Waals surface area contributed by atoms with Gasteiger partial charge in [0.2, 0.25) is 5.91 Å². The van der Waals surface area contributed by atoms with Crippen LogP contribution in [0.2, 0.25) is 5.02 Å². The number of nitrogens with one attached hydrogen (secondary N) is 1. The minimum Gasteiger partial charge on any atom is -0.326 e. The molecule has 1 aromatic carbocycles. The molecule has 0 unspecified atom stereocenters. The Morgan fingerprint density at radius 1 is 1.42 bits per heavy atom. The summed E-state index contributed by atoms with van der Waals surface area (Å²) in [5, 5.41) is 3.39. The van der Waals surface area contributed by atoms with Crippen molar-refractivity contribution < 1.29 is 4.79 Å². The summed E-state index contributed by atoms with van der Waals surface area (Å²) in [4.78, 5) is 10.9. The molecular weight excluding hydrogens is 174 g/mol. The van der Waals surface area contributed by atoms with E-state index in [1.165, 1.54) is 0 Å². The first-order valence-electron chi connectivity index (χ1n) is 3.78. The highest BCUT2D eigenvalue weighted by atomic mass is 35.5. The number of amides is 1. The van der Waals surface area contributed by atoms with Crippen LogP contribution >= 0.6 is 11.6 Å². The molecule has 0 spiro atoms. The van der Waals surface area contributed by atoms with Crippen LogP contribution in [0.3, 0.4) is 0 Å². The van der Waals surface area contributed by atoms with Gasteiger partial charge in [-0.25, -0.2) is 0 Å². The van der Waals surface area contributed by atoms with Crippen molar-refractivity contribution >= 4 is 23.2 Å². The lowest BCUT2D eigenvalue weighted by Crippen LogP contribution is -2.08. The van der Waals surface area contributed by atoms with Gasteiger partial charge in [-0.15, -0.1) is 0 Å². The zero-order valence-electron chi connectivity index (χ0n) is 6.80. The molecule has 0 fully saturated rings. The number of hydrogen-bond acceptors (Lipinski definition) is 1. The van der Waals surface area contributed by atoms with Gasteiger partial charge in [-0.05, 0) is 24.3 Å². The maximum atomic E-state index is 10.9. The Labute approximate surface area is 76.5 Å². The lowest BCUT2D eigenvalue weighted by atomic mass is 10.3. The first kappa shape index (κ1) is 9.07. The van der Waals surface area contributed by atoms with Gasteiger partial charge in [-0.3, -0.25) is 4.79 Å². The van der Waals surface area contributed by atoms with E-state index in [2.05, 4.69) is 5.32 Å². The minimum atomic E-state index is 0.0114. The summed E-state index contributed by atoms with van der Waals surface area (Å²) < 4.78 is 0. The van der Waals surface area contributed by atoms with E-state index in [1.54, 1.807) is 24.3 Å². The van der Waals surface area contributed by atoms with E-state index in [0.29, 0.717) is 11.4 Å². The maximum Gasteiger partial charge on any atom is 0.224 e. The van der Waals surface area contributed by atoms with Gasteiger partial charge in [-0.2, -0.15) is 0 Å². The molecule has 0 bridgehead atoms. The molecule has 2 nitrogen and oxygen atoms in total. The molecule has 1 N–H and O–H groups in total. The van der Waals surface area contributed by atoms with Gasteiger partial charge in [0.15, 0.2) is 0 Å². The number of carbonyl (C=O) groups excluding carboxylic acids is 1. The molecule has 0 heterocycles. The van der Waals surface area contributed by atoms with Crippen molar-refractivity contribution in [3.8, 4) is 0 Å². The molecule has 0 radical (unpaired) electrons. The molecule has 12 heavy (non-hydrogen) atoms. The van der Waals surface area contributed by atoms with Crippen LogP contribution in [0.25, 0.3) is 0 Å². The zero-order valence-corrected chi connectivity index (χ0v) is 7.56. The third-order valence-corrected chi connectivity index (χ3v) is 1.70. The minimum absolute atomic E-state index is 0.0114. The second-order valence-corrected chi connectivity index (χ2v) is 2.85. The van der Waals surface area contributed by atoms with Crippen LogP contribution < -0.4 is 5.32 Å². The highest BCUT2D eigenvalue weighted by molar-refractivity contribution is 6.30. The van der Waals surface area contributed by atoms with Crippen molar-refractivity contribution in [3.63, 3.8) is 0 Å². The standard InChI is InChI=1S/C9H10ClNO/c1-2-9(12)11-8-5-3-7(10)4-6-8/h3-6H,2H2,1H3,(H,11,12). The van der Waals surface area contributed by atoms with Gasteiger partial charge >= 0.3 is 0 Å². The Kier molecular flexibility index (Phi) is 3.11. The van der Waals surface area contributed by atoms with Crippen molar-refractivity contribution in [2.75, 3.05) is 5.32 Å². The van der Waals surface area contributed by atoms with Crippen LogP contribution in [-0.4, -0.2) is 5.91 Å². The van der Waals surface area contributed by atoms with Gasteiger partial charge < -0.3 is 5.32 Å². The molecule has 0 aromatic heterocycles. The average Bonchev–Trinajstić information content (AvgIpc) is 2.09. The van der Waals surface area contributed by atoms with Crippen LogP contribution in [-0.2, 0) is 4.79 Å². The number of carbonyl (C=O) groups is 1. The Morgan fingerprint density at radius 3 is 2.50 bits per heavy atom. The predicted molar refractivity (Wildman–Crippen MR) is 50.4 cm³/mol. The van der Waals surface area contributed by atoms with E-state index in [4.69, 9.17) is 11.6 Å². The third kappa shape index (κ3) is 2.55. The monoisotopic (exact) mass is 183 g/mol. The van der Waals surface area contributed by atoms with E-state index >= 15 is 0 Å². The lowest BCUT2D eigenvalue weighted by Gasteiger charge is -2.01. The van der Waals surface area contributed by atoms with Crippen LogP contribution in [0.5, 0.6) is 0 Å². The summed E-state index contributed by atoms with van der Waals surface area (Å²) in [5.74, 6) is 0.0114. The molecule has 0 atom stereocenters. The molecule has 0 saturated heterocycles. The van der Waals surface area contributed by atoms with Crippen molar-refractivity contribution in [2.24, 2.45) is 0 Å². The van der Waals surface area contributed by atoms with E-state index < -0.39 is 0 Å². The summed E-state index contributed by atoms with van der Waals surface area (Å²) in [6.45, 7) is 1.81. The first-order valence-corrected chi connectivity index (χ1v) is 4.15. The van der Waals surface area contributed by atoms with Crippen molar-refractivity contribution in [2.45, 2.75) is 13.3 Å². The summed E-state index contributed by atoms with van der Waals surface area (Å²) in [5.41, 5.74) is 0.784. The quantitative estimate of drug-likeness (QED) is 0.751. The number of benzene rings is 1. The largest absolute Gasteiger partial charge is 0.326 e. The number of rotatable bonds is 2. The second-order valence-electron chi connectivity index (χ2n) is 2.41. The number of halogens is 1. The molecular formula is C9H10ClNO. The average molecular weight is 184 g/mol. The van der Waals surface area contributed by atoms with E-state index in [0.717, 1.165) is 5.69 Å². The fourth-order valence-corrected chi connectivity index (χ4v) is 0.909. The first-order chi connectivity index (χ1) is 5.72. The van der Waals surface area contributed by atoms with E-state index in [-0.39, 0.29) is 5.91 Å². The van der Waals surface area contributed by atoms with Crippen LogP contribution in [0, 0.1) is 0 Å². The van der Waals surface area contributed by atoms with Crippen LogP contribution in [0.1, 0.15) is 13.3 Å². The summed E-state index contributed by atoms with van der Waals surface area (Å²) in [6.07, 6.45) is 0.489. The van der Waals surface area contributed by atoms with Gasteiger partial charge in [-0.1, -0.05) is 18.5 Å². The van der Waals surface area contributed by atoms with Crippen molar-refractivity contribution in [3.05, 3.63) is 29.3 Å². The van der Waals surface area contributed by atoms with Gasteiger partial charge in [0.25, 0.3) is 0 Å². The van der Waals surface area contributed by atoms with Gasteiger partial charge in [0.05, 0.1) is 0 Å². The second kappa shape index (κ2) is 4.12. The van der Waals surface area contributed by atoms with E-state index in [1.807, 2.05) is 6.92 Å². The molecule has 0 aliphatic heterocycles. The highest BCUT2D eigenvalue weighted by Gasteiger charge is 1.97. The number of anilines is 1. The maximum absolute atomic E-state index is 10.9. The molecule has 64 valence electrons. The molecule has 1 aromatic rings. The van der Waals surface area contributed by atoms with E-state index in [9.17, 15) is 4.79 Å². The SMILES string of the molecule is CCC(=O)Nc1ccc(Cl)cc1. The summed E-state index contributed by atoms with van der Waals surface area (Å²) >= 11 is 5.67. The van der Waals surface area contributed by atoms with Crippen LogP contribution in [0.15, 0.2) is 24.3 Å². The molecule has 3 heteroatoms. The Hall–Kier alpha value is -1.02. The Balaban J connectivity index is 2.64. The number of hydrogen-bond donors (Lipinski definition) is 1. The fraction of sp³-hybridized carbons (Fsp3) is 0.222. The molecule has 0 aliphatic carbocycles. The lowest BCUT2D eigenvalue weighted by molar-refractivity contribution is -0.115. The topological polar surface area (TPSA) is 29.1 Å². The Morgan fingerprint density at radius 2 is 2.00 bits per heavy atom. The molecule has 1 amide bonds. The van der Waals surface area contributed by atoms with Crippen molar-refractivity contribution in [1.82, 2.24) is 0 Å². The third-order valence-electron chi connectivity index (χ3n) is 1.45. The molecule has 0 aliphatic rings. The predicted octanol–water partition coefficient (Wildman–Crippen LogP) is 2.69.